The van der Waals surface area contributed by atoms with Crippen molar-refractivity contribution >= 4 is 15.6 Å². The molecule has 0 aromatic heterocycles. The van der Waals surface area contributed by atoms with Gasteiger partial charge in [0.15, 0.2) is 0 Å². The molecule has 0 aliphatic heterocycles. The molecular weight excluding hydrogens is 340 g/mol. The van der Waals surface area contributed by atoms with E-state index >= 15 is 0 Å². The van der Waals surface area contributed by atoms with Crippen LogP contribution in [0.25, 0.3) is 0 Å². The number of hydrogen-bond acceptors (Lipinski definition) is 6. The van der Waals surface area contributed by atoms with Gasteiger partial charge in [-0.05, 0) is 27.7 Å². The van der Waals surface area contributed by atoms with E-state index in [-0.39, 0.29) is 103 Å². The quantitative estimate of drug-likeness (QED) is 0.375. The zero-order valence-corrected chi connectivity index (χ0v) is 19.4. The second kappa shape index (κ2) is 14.1. The van der Waals surface area contributed by atoms with Gasteiger partial charge in [-0.1, -0.05) is 0 Å². The maximum atomic E-state index is 9.80. The van der Waals surface area contributed by atoms with Crippen molar-refractivity contribution in [3.8, 4) is 0 Å². The minimum atomic E-state index is -4.47. The van der Waals surface area contributed by atoms with E-state index in [2.05, 4.69) is 9.05 Å². The molecule has 2 unspecified atom stereocenters. The molecule has 0 aliphatic carbocycles. The van der Waals surface area contributed by atoms with Gasteiger partial charge in [-0.25, -0.2) is 0 Å². The van der Waals surface area contributed by atoms with Crippen molar-refractivity contribution in [2.24, 2.45) is 0 Å². The van der Waals surface area contributed by atoms with Crippen LogP contribution < -0.4 is 113 Å². The average molecular weight is 356 g/mol. The molecule has 2 N–H and O–H groups in total. The molecule has 100 valence electrons. The number of phosphoric ester groups is 2. The van der Waals surface area contributed by atoms with Gasteiger partial charge in [-0.15, -0.1) is 0 Å². The van der Waals surface area contributed by atoms with E-state index in [0.717, 1.165) is 0 Å². The summed E-state index contributed by atoms with van der Waals surface area (Å²) >= 11 is 0. The second-order valence-electron chi connectivity index (χ2n) is 3.25. The standard InChI is InChI=1S/2C3H9O4P.2K/c2*1-3(2)7-8(4,5)6;;/h2*3H,1-2H3,(H2,4,5,6);;/q;;2*+1/p-2. The molecule has 0 spiro atoms. The van der Waals surface area contributed by atoms with E-state index in [1.165, 1.54) is 27.7 Å². The Bertz CT molecular complexity index is 245. The molecule has 0 saturated heterocycles. The minimum absolute atomic E-state index is 0. The van der Waals surface area contributed by atoms with E-state index in [0.29, 0.717) is 0 Å². The number of hydrogen-bond donors (Lipinski definition) is 2. The topological polar surface area (TPSA) is 139 Å². The average Bonchev–Trinajstić information content (AvgIpc) is 1.72. The van der Waals surface area contributed by atoms with E-state index in [1.54, 1.807) is 0 Å². The molecule has 2 atom stereocenters. The van der Waals surface area contributed by atoms with Crippen molar-refractivity contribution in [1.29, 1.82) is 0 Å². The molecule has 12 heteroatoms. The van der Waals surface area contributed by atoms with Crippen LogP contribution in [0.4, 0.5) is 0 Å². The van der Waals surface area contributed by atoms with E-state index in [9.17, 15) is 18.9 Å². The van der Waals surface area contributed by atoms with Gasteiger partial charge in [0, 0.05) is 0 Å². The van der Waals surface area contributed by atoms with Crippen molar-refractivity contribution in [2.75, 3.05) is 0 Å². The van der Waals surface area contributed by atoms with Crippen molar-refractivity contribution in [3.63, 3.8) is 0 Å². The molecule has 0 aliphatic rings. The summed E-state index contributed by atoms with van der Waals surface area (Å²) in [7, 11) is -8.94. The van der Waals surface area contributed by atoms with Gasteiger partial charge in [-0.3, -0.25) is 9.13 Å². The third-order valence-corrected chi connectivity index (χ3v) is 2.06. The van der Waals surface area contributed by atoms with Crippen LogP contribution in [-0.4, -0.2) is 22.0 Å². The second-order valence-corrected chi connectivity index (χ2v) is 5.54. The van der Waals surface area contributed by atoms with E-state index in [1.807, 2.05) is 0 Å². The molecule has 0 fully saturated rings. The maximum absolute atomic E-state index is 9.80. The van der Waals surface area contributed by atoms with Gasteiger partial charge in [-0.2, -0.15) is 0 Å². The fourth-order valence-electron chi connectivity index (χ4n) is 0.533. The van der Waals surface area contributed by atoms with Crippen molar-refractivity contribution in [2.45, 2.75) is 39.9 Å². The van der Waals surface area contributed by atoms with Crippen LogP contribution in [-0.2, 0) is 18.2 Å². The molecule has 0 heterocycles. The Balaban J connectivity index is -0.0000000980. The Morgan fingerprint density at radius 2 is 1.00 bits per heavy atom. The Kier molecular flexibility index (Phi) is 23.1. The molecule has 0 rings (SSSR count). The first kappa shape index (κ1) is 29.5. The fraction of sp³-hybridized carbons (Fsp3) is 1.00. The molecule has 0 radical (unpaired) electrons. The Hall–Kier alpha value is 3.49. The Morgan fingerprint density at radius 3 is 1.00 bits per heavy atom. The van der Waals surface area contributed by atoms with E-state index < -0.39 is 27.9 Å². The first-order valence-electron chi connectivity index (χ1n) is 4.28. The largest absolute Gasteiger partial charge is 1.00 e. The third kappa shape index (κ3) is 36.6. The van der Waals surface area contributed by atoms with Crippen LogP contribution >= 0.6 is 15.6 Å². The number of phosphoric acid groups is 2. The first-order valence-corrected chi connectivity index (χ1v) is 7.27. The normalized spacial score (nSPS) is 16.6. The zero-order valence-electron chi connectivity index (χ0n) is 11.4. The molecule has 0 aromatic rings. The van der Waals surface area contributed by atoms with Gasteiger partial charge in [0.1, 0.15) is 0 Å². The zero-order chi connectivity index (χ0) is 13.6. The fourth-order valence-corrected chi connectivity index (χ4v) is 1.60. The molecule has 18 heavy (non-hydrogen) atoms. The minimum Gasteiger partial charge on any atom is -0.756 e. The SMILES string of the molecule is CC(C)OP(=O)([O-])O.CC(C)OP(=O)([O-])O.[K+].[K+]. The van der Waals surface area contributed by atoms with Crippen molar-refractivity contribution in [1.82, 2.24) is 0 Å². The van der Waals surface area contributed by atoms with Crippen LogP contribution in [0.3, 0.4) is 0 Å². The van der Waals surface area contributed by atoms with Crippen LogP contribution in [0.1, 0.15) is 27.7 Å². The summed E-state index contributed by atoms with van der Waals surface area (Å²) in [6.07, 6.45) is -0.966. The van der Waals surface area contributed by atoms with Gasteiger partial charge >= 0.3 is 103 Å². The summed E-state index contributed by atoms with van der Waals surface area (Å²) < 4.78 is 27.6. The summed E-state index contributed by atoms with van der Waals surface area (Å²) in [6.45, 7) is 6.06. The predicted octanol–water partition coefficient (Wildman–Crippen LogP) is -6.25. The summed E-state index contributed by atoms with van der Waals surface area (Å²) in [5.41, 5.74) is 0. The Morgan fingerprint density at radius 1 is 0.833 bits per heavy atom. The summed E-state index contributed by atoms with van der Waals surface area (Å²) in [4.78, 5) is 35.5. The summed E-state index contributed by atoms with van der Waals surface area (Å²) in [6, 6.07) is 0. The van der Waals surface area contributed by atoms with Gasteiger partial charge in [0.2, 0.25) is 0 Å². The first-order chi connectivity index (χ1) is 6.83. The summed E-state index contributed by atoms with van der Waals surface area (Å²) in [5, 5.41) is 0. The van der Waals surface area contributed by atoms with Crippen LogP contribution in [0.15, 0.2) is 0 Å². The Labute approximate surface area is 192 Å². The monoisotopic (exact) mass is 356 g/mol. The smallest absolute Gasteiger partial charge is 0.756 e. The molecule has 0 amide bonds. The summed E-state index contributed by atoms with van der Waals surface area (Å²) in [5.74, 6) is 0. The molecular formula is C6H16K2O8P2. The molecule has 0 bridgehead atoms. The van der Waals surface area contributed by atoms with Crippen molar-refractivity contribution in [3.05, 3.63) is 0 Å². The van der Waals surface area contributed by atoms with Gasteiger partial charge in [0.25, 0.3) is 15.6 Å². The van der Waals surface area contributed by atoms with Gasteiger partial charge < -0.3 is 28.6 Å². The predicted molar refractivity (Wildman–Crippen MR) is 52.1 cm³/mol. The molecule has 8 nitrogen and oxygen atoms in total. The molecule has 0 aromatic carbocycles. The van der Waals surface area contributed by atoms with E-state index in [4.69, 9.17) is 9.79 Å². The number of rotatable bonds is 4. The van der Waals surface area contributed by atoms with Crippen LogP contribution in [0, 0.1) is 0 Å². The third-order valence-electron chi connectivity index (χ3n) is 0.688. The van der Waals surface area contributed by atoms with Crippen LogP contribution in [0.2, 0.25) is 0 Å². The maximum Gasteiger partial charge on any atom is 1.00 e. The van der Waals surface area contributed by atoms with Crippen molar-refractivity contribution < 1.29 is 141 Å². The molecule has 0 saturated carbocycles. The van der Waals surface area contributed by atoms with Gasteiger partial charge in [0.05, 0.1) is 12.2 Å². The van der Waals surface area contributed by atoms with Crippen LogP contribution in [0.5, 0.6) is 0 Å².